The fourth-order valence-electron chi connectivity index (χ4n) is 3.24. The van der Waals surface area contributed by atoms with E-state index in [1.165, 1.54) is 35.9 Å². The number of hydrogen-bond acceptors (Lipinski definition) is 2. The molecule has 18 heavy (non-hydrogen) atoms. The summed E-state index contributed by atoms with van der Waals surface area (Å²) in [6.45, 7) is 1.11. The molecule has 0 unspecified atom stereocenters. The summed E-state index contributed by atoms with van der Waals surface area (Å²) < 4.78 is 2.01. The largest absolute Gasteiger partial charge is 0.319 e. The average Bonchev–Trinajstić information content (AvgIpc) is 2.65. The SMILES string of the molecule is CNCC1(Cc2nn(C)c3ccccc23)CCC1. The Labute approximate surface area is 108 Å². The Morgan fingerprint density at radius 1 is 1.33 bits per heavy atom. The van der Waals surface area contributed by atoms with Gasteiger partial charge in [-0.15, -0.1) is 0 Å². The van der Waals surface area contributed by atoms with Gasteiger partial charge in [-0.2, -0.15) is 5.10 Å². The normalized spacial score (nSPS) is 17.9. The molecule has 1 aliphatic rings. The summed E-state index contributed by atoms with van der Waals surface area (Å²) in [6.07, 6.45) is 5.14. The minimum Gasteiger partial charge on any atom is -0.319 e. The van der Waals surface area contributed by atoms with Crippen LogP contribution in [0.4, 0.5) is 0 Å². The Bertz CT molecular complexity index is 552. The number of aromatic nitrogens is 2. The minimum atomic E-state index is 0.450. The zero-order valence-corrected chi connectivity index (χ0v) is 11.2. The van der Waals surface area contributed by atoms with Crippen LogP contribution in [0.25, 0.3) is 10.9 Å². The zero-order chi connectivity index (χ0) is 12.6. The van der Waals surface area contributed by atoms with Gasteiger partial charge in [0.25, 0.3) is 0 Å². The second-order valence-corrected chi connectivity index (χ2v) is 5.65. The van der Waals surface area contributed by atoms with Crippen LogP contribution in [0, 0.1) is 5.41 Å². The van der Waals surface area contributed by atoms with Crippen molar-refractivity contribution >= 4 is 10.9 Å². The molecule has 3 heteroatoms. The van der Waals surface area contributed by atoms with Crippen molar-refractivity contribution < 1.29 is 0 Å². The van der Waals surface area contributed by atoms with Crippen molar-refractivity contribution in [3.63, 3.8) is 0 Å². The standard InChI is InChI=1S/C15H21N3/c1-16-11-15(8-5-9-15)10-13-12-6-3-4-7-14(12)18(2)17-13/h3-4,6-7,16H,5,8-11H2,1-2H3. The van der Waals surface area contributed by atoms with Crippen LogP contribution in [0.15, 0.2) is 24.3 Å². The van der Waals surface area contributed by atoms with Gasteiger partial charge in [-0.1, -0.05) is 24.6 Å². The molecule has 2 aromatic rings. The van der Waals surface area contributed by atoms with Gasteiger partial charge in [-0.3, -0.25) is 4.68 Å². The second-order valence-electron chi connectivity index (χ2n) is 5.65. The van der Waals surface area contributed by atoms with Gasteiger partial charge in [0.1, 0.15) is 0 Å². The molecular formula is C15H21N3. The van der Waals surface area contributed by atoms with E-state index in [4.69, 9.17) is 5.10 Å². The fourth-order valence-corrected chi connectivity index (χ4v) is 3.24. The van der Waals surface area contributed by atoms with Crippen LogP contribution in [0.1, 0.15) is 25.0 Å². The molecule has 3 rings (SSSR count). The zero-order valence-electron chi connectivity index (χ0n) is 11.2. The van der Waals surface area contributed by atoms with Crippen LogP contribution < -0.4 is 5.32 Å². The summed E-state index contributed by atoms with van der Waals surface area (Å²) in [5.74, 6) is 0. The Morgan fingerprint density at radius 3 is 2.78 bits per heavy atom. The van der Waals surface area contributed by atoms with Crippen LogP contribution in [0.5, 0.6) is 0 Å². The number of hydrogen-bond donors (Lipinski definition) is 1. The molecule has 1 fully saturated rings. The maximum Gasteiger partial charge on any atom is 0.0709 e. The molecule has 0 aliphatic heterocycles. The van der Waals surface area contributed by atoms with Crippen molar-refractivity contribution in [1.82, 2.24) is 15.1 Å². The van der Waals surface area contributed by atoms with Crippen molar-refractivity contribution in [1.29, 1.82) is 0 Å². The van der Waals surface area contributed by atoms with E-state index < -0.39 is 0 Å². The minimum absolute atomic E-state index is 0.450. The first-order chi connectivity index (χ1) is 8.74. The molecule has 0 bridgehead atoms. The van der Waals surface area contributed by atoms with Crippen LogP contribution in [-0.4, -0.2) is 23.4 Å². The molecule has 1 N–H and O–H groups in total. The van der Waals surface area contributed by atoms with Crippen molar-refractivity contribution in [2.24, 2.45) is 12.5 Å². The predicted octanol–water partition coefficient (Wildman–Crippen LogP) is 2.51. The molecule has 1 aliphatic carbocycles. The second kappa shape index (κ2) is 4.39. The Balaban J connectivity index is 1.95. The molecule has 1 aromatic heterocycles. The molecule has 0 atom stereocenters. The quantitative estimate of drug-likeness (QED) is 0.894. The van der Waals surface area contributed by atoms with Gasteiger partial charge >= 0.3 is 0 Å². The van der Waals surface area contributed by atoms with E-state index in [1.807, 2.05) is 11.7 Å². The first kappa shape index (κ1) is 11.7. The number of benzene rings is 1. The van der Waals surface area contributed by atoms with Gasteiger partial charge in [0.15, 0.2) is 0 Å². The lowest BCUT2D eigenvalue weighted by atomic mass is 9.66. The van der Waals surface area contributed by atoms with E-state index in [1.54, 1.807) is 0 Å². The number of para-hydroxylation sites is 1. The molecule has 1 aromatic carbocycles. The molecule has 0 saturated heterocycles. The van der Waals surface area contributed by atoms with Gasteiger partial charge in [0, 0.05) is 19.0 Å². The predicted molar refractivity (Wildman–Crippen MR) is 74.6 cm³/mol. The molecule has 3 nitrogen and oxygen atoms in total. The number of rotatable bonds is 4. The molecule has 0 amide bonds. The lowest BCUT2D eigenvalue weighted by Crippen LogP contribution is -2.40. The third-order valence-corrected chi connectivity index (χ3v) is 4.34. The van der Waals surface area contributed by atoms with E-state index in [0.717, 1.165) is 13.0 Å². The van der Waals surface area contributed by atoms with Crippen LogP contribution in [-0.2, 0) is 13.5 Å². The average molecular weight is 243 g/mol. The molecule has 1 heterocycles. The molecule has 1 saturated carbocycles. The Kier molecular flexibility index (Phi) is 2.86. The summed E-state index contributed by atoms with van der Waals surface area (Å²) >= 11 is 0. The summed E-state index contributed by atoms with van der Waals surface area (Å²) in [6, 6.07) is 8.54. The van der Waals surface area contributed by atoms with Gasteiger partial charge in [-0.05, 0) is 37.8 Å². The van der Waals surface area contributed by atoms with Gasteiger partial charge in [0.2, 0.25) is 0 Å². The smallest absolute Gasteiger partial charge is 0.0709 e. The fraction of sp³-hybridized carbons (Fsp3) is 0.533. The highest BCUT2D eigenvalue weighted by Gasteiger charge is 2.37. The van der Waals surface area contributed by atoms with Crippen molar-refractivity contribution in [2.75, 3.05) is 13.6 Å². The lowest BCUT2D eigenvalue weighted by Gasteiger charge is -2.41. The van der Waals surface area contributed by atoms with Crippen molar-refractivity contribution in [2.45, 2.75) is 25.7 Å². The summed E-state index contributed by atoms with van der Waals surface area (Å²) in [4.78, 5) is 0. The number of fused-ring (bicyclic) bond motifs is 1. The van der Waals surface area contributed by atoms with Crippen molar-refractivity contribution in [3.05, 3.63) is 30.0 Å². The number of aryl methyl sites for hydroxylation is 1. The molecule has 0 radical (unpaired) electrons. The molecule has 0 spiro atoms. The van der Waals surface area contributed by atoms with Gasteiger partial charge in [-0.25, -0.2) is 0 Å². The van der Waals surface area contributed by atoms with Gasteiger partial charge in [0.05, 0.1) is 11.2 Å². The van der Waals surface area contributed by atoms with E-state index in [2.05, 4.69) is 36.6 Å². The van der Waals surface area contributed by atoms with Gasteiger partial charge < -0.3 is 5.32 Å². The first-order valence-corrected chi connectivity index (χ1v) is 6.79. The first-order valence-electron chi connectivity index (χ1n) is 6.79. The van der Waals surface area contributed by atoms with E-state index in [-0.39, 0.29) is 0 Å². The summed E-state index contributed by atoms with van der Waals surface area (Å²) in [5.41, 5.74) is 2.96. The monoisotopic (exact) mass is 243 g/mol. The molecular weight excluding hydrogens is 222 g/mol. The Hall–Kier alpha value is -1.35. The topological polar surface area (TPSA) is 29.9 Å². The highest BCUT2D eigenvalue weighted by Crippen LogP contribution is 2.43. The highest BCUT2D eigenvalue weighted by atomic mass is 15.3. The lowest BCUT2D eigenvalue weighted by molar-refractivity contribution is 0.132. The summed E-state index contributed by atoms with van der Waals surface area (Å²) in [5, 5.41) is 9.40. The highest BCUT2D eigenvalue weighted by molar-refractivity contribution is 5.81. The summed E-state index contributed by atoms with van der Waals surface area (Å²) in [7, 11) is 4.09. The van der Waals surface area contributed by atoms with Crippen molar-refractivity contribution in [3.8, 4) is 0 Å². The van der Waals surface area contributed by atoms with E-state index in [9.17, 15) is 0 Å². The van der Waals surface area contributed by atoms with Crippen LogP contribution in [0.2, 0.25) is 0 Å². The maximum atomic E-state index is 4.73. The Morgan fingerprint density at radius 2 is 2.11 bits per heavy atom. The maximum absolute atomic E-state index is 4.73. The van der Waals surface area contributed by atoms with Crippen LogP contribution in [0.3, 0.4) is 0 Å². The number of nitrogens with one attached hydrogen (secondary N) is 1. The third-order valence-electron chi connectivity index (χ3n) is 4.34. The third kappa shape index (κ3) is 1.83. The van der Waals surface area contributed by atoms with E-state index in [0.29, 0.717) is 5.41 Å². The number of nitrogens with zero attached hydrogens (tertiary/aromatic N) is 2. The van der Waals surface area contributed by atoms with E-state index >= 15 is 0 Å². The van der Waals surface area contributed by atoms with Crippen LogP contribution >= 0.6 is 0 Å². The molecule has 96 valence electrons.